The third-order valence-electron chi connectivity index (χ3n) is 3.46. The summed E-state index contributed by atoms with van der Waals surface area (Å²) in [6, 6.07) is 2.26. The molecule has 0 saturated carbocycles. The first-order chi connectivity index (χ1) is 9.83. The maximum Gasteiger partial charge on any atom is 0.0785 e. The molecule has 4 heteroatoms. The topological polar surface area (TPSA) is 28.2 Å². The number of fused-ring (bicyclic) bond motifs is 1. The van der Waals surface area contributed by atoms with Crippen molar-refractivity contribution in [2.75, 3.05) is 27.3 Å². The molecule has 2 aliphatic rings. The van der Waals surface area contributed by atoms with Crippen molar-refractivity contribution >= 4 is 5.57 Å². The Morgan fingerprint density at radius 1 is 1.20 bits per heavy atom. The summed E-state index contributed by atoms with van der Waals surface area (Å²) in [5.41, 5.74) is 5.37. The molecule has 0 atom stereocenters. The van der Waals surface area contributed by atoms with E-state index in [-0.39, 0.29) is 0 Å². The fourth-order valence-corrected chi connectivity index (χ4v) is 2.36. The van der Waals surface area contributed by atoms with Crippen LogP contribution in [0.5, 0.6) is 0 Å². The Balaban J connectivity index is 0.000000461. The monoisotopic (exact) mass is 279 g/mol. The highest BCUT2D eigenvalue weighted by Gasteiger charge is 2.15. The highest BCUT2D eigenvalue weighted by molar-refractivity contribution is 5.64. The summed E-state index contributed by atoms with van der Waals surface area (Å²) in [7, 11) is 2.66. The highest BCUT2D eigenvalue weighted by Crippen LogP contribution is 2.23. The number of pyridine rings is 1. The third kappa shape index (κ3) is 4.12. The molecule has 0 aliphatic carbocycles. The summed E-state index contributed by atoms with van der Waals surface area (Å²) in [5.74, 6) is 0. The number of likely N-dealkylation sites (N-methyl/N-ethyl adjacent to an activating group) is 1. The van der Waals surface area contributed by atoms with Crippen LogP contribution in [-0.2, 0) is 13.1 Å². The van der Waals surface area contributed by atoms with Crippen LogP contribution in [0.15, 0.2) is 18.3 Å². The molecule has 3 heterocycles. The SMILES string of the molecule is CC.CF.CN1CC=C(c2cc3c(cn2)CNC3)CC1. The zero-order valence-electron chi connectivity index (χ0n) is 13.0. The molecule has 3 nitrogen and oxygen atoms in total. The van der Waals surface area contributed by atoms with Gasteiger partial charge in [-0.25, -0.2) is 0 Å². The van der Waals surface area contributed by atoms with Gasteiger partial charge in [0, 0.05) is 32.4 Å². The maximum atomic E-state index is 9.50. The Morgan fingerprint density at radius 3 is 2.55 bits per heavy atom. The summed E-state index contributed by atoms with van der Waals surface area (Å²) in [6.07, 6.45) is 5.46. The smallest absolute Gasteiger partial charge is 0.0785 e. The largest absolute Gasteiger partial charge is 0.309 e. The van der Waals surface area contributed by atoms with E-state index in [9.17, 15) is 4.39 Å². The standard InChI is InChI=1S/C13H17N3.C2H6.CH3F/c1-16-4-2-10(3-5-16)13-6-11-7-14-8-12(11)9-15-13;2*1-2/h2,6,9,14H,3-5,7-8H2,1H3;1-2H3;1H3. The molecule has 1 aromatic rings. The summed E-state index contributed by atoms with van der Waals surface area (Å²) < 4.78 is 9.50. The van der Waals surface area contributed by atoms with Crippen LogP contribution in [0, 0.1) is 0 Å². The quantitative estimate of drug-likeness (QED) is 0.856. The van der Waals surface area contributed by atoms with Gasteiger partial charge in [-0.1, -0.05) is 19.9 Å². The minimum atomic E-state index is 0.500. The van der Waals surface area contributed by atoms with E-state index in [1.807, 2.05) is 20.0 Å². The first-order valence-electron chi connectivity index (χ1n) is 7.27. The zero-order chi connectivity index (χ0) is 15.0. The van der Waals surface area contributed by atoms with Crippen LogP contribution in [-0.4, -0.2) is 37.2 Å². The number of nitrogens with one attached hydrogen (secondary N) is 1. The van der Waals surface area contributed by atoms with Gasteiger partial charge in [-0.2, -0.15) is 0 Å². The zero-order valence-corrected chi connectivity index (χ0v) is 13.0. The Kier molecular flexibility index (Phi) is 7.41. The average molecular weight is 279 g/mol. The minimum Gasteiger partial charge on any atom is -0.309 e. The van der Waals surface area contributed by atoms with E-state index in [1.54, 1.807) is 0 Å². The maximum absolute atomic E-state index is 9.50. The van der Waals surface area contributed by atoms with Crippen molar-refractivity contribution in [1.82, 2.24) is 15.2 Å². The number of alkyl halides is 1. The van der Waals surface area contributed by atoms with Gasteiger partial charge in [0.05, 0.1) is 12.9 Å². The Labute approximate surface area is 121 Å². The van der Waals surface area contributed by atoms with Crippen LogP contribution >= 0.6 is 0 Å². The van der Waals surface area contributed by atoms with Gasteiger partial charge in [0.1, 0.15) is 0 Å². The first-order valence-corrected chi connectivity index (χ1v) is 7.27. The van der Waals surface area contributed by atoms with Gasteiger partial charge < -0.3 is 10.2 Å². The number of hydrogen-bond acceptors (Lipinski definition) is 3. The fourth-order valence-electron chi connectivity index (χ4n) is 2.36. The summed E-state index contributed by atoms with van der Waals surface area (Å²) in [6.45, 7) is 8.16. The van der Waals surface area contributed by atoms with Crippen molar-refractivity contribution < 1.29 is 4.39 Å². The molecule has 0 saturated heterocycles. The van der Waals surface area contributed by atoms with Crippen LogP contribution in [0.1, 0.15) is 37.1 Å². The van der Waals surface area contributed by atoms with Gasteiger partial charge in [0.2, 0.25) is 0 Å². The number of halogens is 1. The van der Waals surface area contributed by atoms with Gasteiger partial charge in [-0.05, 0) is 36.2 Å². The predicted octanol–water partition coefficient (Wildman–Crippen LogP) is 3.02. The molecule has 20 heavy (non-hydrogen) atoms. The van der Waals surface area contributed by atoms with Crippen molar-refractivity contribution in [3.8, 4) is 0 Å². The molecule has 3 rings (SSSR count). The van der Waals surface area contributed by atoms with Crippen LogP contribution in [0.3, 0.4) is 0 Å². The third-order valence-corrected chi connectivity index (χ3v) is 3.46. The summed E-state index contributed by atoms with van der Waals surface area (Å²) in [5, 5.41) is 3.36. The lowest BCUT2D eigenvalue weighted by Gasteiger charge is -2.21. The molecule has 0 aromatic carbocycles. The predicted molar refractivity (Wildman–Crippen MR) is 83.3 cm³/mol. The van der Waals surface area contributed by atoms with Crippen LogP contribution in [0.4, 0.5) is 4.39 Å². The van der Waals surface area contributed by atoms with E-state index in [2.05, 4.69) is 34.4 Å². The Hall–Kier alpha value is -1.26. The lowest BCUT2D eigenvalue weighted by atomic mass is 10.0. The van der Waals surface area contributed by atoms with Gasteiger partial charge in [0.25, 0.3) is 0 Å². The molecule has 0 radical (unpaired) electrons. The van der Waals surface area contributed by atoms with Crippen LogP contribution in [0.25, 0.3) is 5.57 Å². The van der Waals surface area contributed by atoms with E-state index in [4.69, 9.17) is 0 Å². The molecule has 112 valence electrons. The van der Waals surface area contributed by atoms with Gasteiger partial charge in [0.15, 0.2) is 0 Å². The summed E-state index contributed by atoms with van der Waals surface area (Å²) >= 11 is 0. The number of aromatic nitrogens is 1. The van der Waals surface area contributed by atoms with Crippen molar-refractivity contribution in [2.24, 2.45) is 0 Å². The van der Waals surface area contributed by atoms with Gasteiger partial charge >= 0.3 is 0 Å². The van der Waals surface area contributed by atoms with E-state index in [1.165, 1.54) is 22.4 Å². The molecule has 1 N–H and O–H groups in total. The second-order valence-corrected chi connectivity index (χ2v) is 4.68. The Bertz CT molecular complexity index is 443. The van der Waals surface area contributed by atoms with Crippen molar-refractivity contribution in [3.05, 3.63) is 35.2 Å². The number of nitrogens with zero attached hydrogens (tertiary/aromatic N) is 2. The van der Waals surface area contributed by atoms with Gasteiger partial charge in [-0.3, -0.25) is 9.37 Å². The minimum absolute atomic E-state index is 0.500. The first kappa shape index (κ1) is 16.8. The molecule has 0 amide bonds. The summed E-state index contributed by atoms with van der Waals surface area (Å²) in [4.78, 5) is 6.90. The van der Waals surface area contributed by atoms with E-state index < -0.39 is 0 Å². The van der Waals surface area contributed by atoms with E-state index in [0.717, 1.165) is 32.6 Å². The van der Waals surface area contributed by atoms with Crippen molar-refractivity contribution in [2.45, 2.75) is 33.4 Å². The lowest BCUT2D eigenvalue weighted by molar-refractivity contribution is 0.369. The van der Waals surface area contributed by atoms with Crippen molar-refractivity contribution in [3.63, 3.8) is 0 Å². The second-order valence-electron chi connectivity index (χ2n) is 4.68. The molecular formula is C16H26FN3. The molecule has 0 spiro atoms. The number of hydrogen-bond donors (Lipinski definition) is 1. The van der Waals surface area contributed by atoms with E-state index >= 15 is 0 Å². The normalized spacial score (nSPS) is 17.1. The molecule has 0 unspecified atom stereocenters. The molecule has 1 aromatic heterocycles. The second kappa shape index (κ2) is 8.82. The van der Waals surface area contributed by atoms with Crippen LogP contribution in [0.2, 0.25) is 0 Å². The molecular weight excluding hydrogens is 253 g/mol. The van der Waals surface area contributed by atoms with Crippen molar-refractivity contribution in [1.29, 1.82) is 0 Å². The lowest BCUT2D eigenvalue weighted by Crippen LogP contribution is -2.23. The van der Waals surface area contributed by atoms with Gasteiger partial charge in [-0.15, -0.1) is 0 Å². The van der Waals surface area contributed by atoms with E-state index in [0.29, 0.717) is 7.18 Å². The molecule has 0 fully saturated rings. The van der Waals surface area contributed by atoms with Crippen LogP contribution < -0.4 is 5.32 Å². The Morgan fingerprint density at radius 2 is 1.90 bits per heavy atom. The molecule has 0 bridgehead atoms. The average Bonchev–Trinajstić information content (AvgIpc) is 2.99. The molecule has 2 aliphatic heterocycles. The highest BCUT2D eigenvalue weighted by atomic mass is 19.1. The number of rotatable bonds is 1. The fraction of sp³-hybridized carbons (Fsp3) is 0.562.